The van der Waals surface area contributed by atoms with Gasteiger partial charge in [-0.2, -0.15) is 13.2 Å². The van der Waals surface area contributed by atoms with Gasteiger partial charge < -0.3 is 5.32 Å². The summed E-state index contributed by atoms with van der Waals surface area (Å²) in [6, 6.07) is 4.26. The van der Waals surface area contributed by atoms with Gasteiger partial charge in [0.2, 0.25) is 5.91 Å². The Balaban J connectivity index is 2.63. The second-order valence-corrected chi connectivity index (χ2v) is 8.33. The summed E-state index contributed by atoms with van der Waals surface area (Å²) < 4.78 is 59.1. The van der Waals surface area contributed by atoms with Crippen LogP contribution in [0.25, 0.3) is 0 Å². The topological polar surface area (TPSA) is 63.2 Å². The molecule has 0 atom stereocenters. The molecule has 1 amide bonds. The van der Waals surface area contributed by atoms with Crippen molar-refractivity contribution < 1.29 is 26.4 Å². The number of nitrogens with one attached hydrogen (secondary N) is 1. The predicted molar refractivity (Wildman–Crippen MR) is 77.1 cm³/mol. The van der Waals surface area contributed by atoms with Crippen LogP contribution in [0.4, 0.5) is 13.2 Å². The lowest BCUT2D eigenvalue weighted by atomic mass is 10.1. The van der Waals surface area contributed by atoms with E-state index in [1.807, 2.05) is 0 Å². The SMILES string of the molecule is CC(C)(CNC(=O)Cc1ccc(C(F)(F)F)cc1)S(C)(=O)=O. The molecule has 1 aromatic rings. The molecule has 124 valence electrons. The van der Waals surface area contributed by atoms with E-state index in [9.17, 15) is 26.4 Å². The van der Waals surface area contributed by atoms with E-state index in [4.69, 9.17) is 0 Å². The maximum absolute atomic E-state index is 12.4. The van der Waals surface area contributed by atoms with Crippen LogP contribution in [0, 0.1) is 0 Å². The van der Waals surface area contributed by atoms with Crippen LogP contribution in [0.5, 0.6) is 0 Å². The van der Waals surface area contributed by atoms with Crippen molar-refractivity contribution in [2.24, 2.45) is 0 Å². The summed E-state index contributed by atoms with van der Waals surface area (Å²) in [4.78, 5) is 11.7. The minimum absolute atomic E-state index is 0.0642. The lowest BCUT2D eigenvalue weighted by Gasteiger charge is -2.22. The van der Waals surface area contributed by atoms with Gasteiger partial charge in [0.1, 0.15) is 0 Å². The fraction of sp³-hybridized carbons (Fsp3) is 0.500. The Morgan fingerprint density at radius 2 is 1.64 bits per heavy atom. The van der Waals surface area contributed by atoms with Crippen molar-refractivity contribution in [1.82, 2.24) is 5.32 Å². The minimum Gasteiger partial charge on any atom is -0.354 e. The van der Waals surface area contributed by atoms with Crippen LogP contribution in [-0.4, -0.2) is 31.9 Å². The smallest absolute Gasteiger partial charge is 0.354 e. The number of alkyl halides is 3. The number of benzene rings is 1. The molecule has 0 heterocycles. The monoisotopic (exact) mass is 337 g/mol. The molecule has 8 heteroatoms. The van der Waals surface area contributed by atoms with Crippen molar-refractivity contribution in [1.29, 1.82) is 0 Å². The predicted octanol–water partition coefficient (Wildman–Crippen LogP) is 2.19. The fourth-order valence-electron chi connectivity index (χ4n) is 1.50. The number of hydrogen-bond donors (Lipinski definition) is 1. The van der Waals surface area contributed by atoms with Crippen molar-refractivity contribution in [3.8, 4) is 0 Å². The molecule has 1 N–H and O–H groups in total. The first-order chi connectivity index (χ1) is 9.83. The first-order valence-corrected chi connectivity index (χ1v) is 8.34. The highest BCUT2D eigenvalue weighted by Crippen LogP contribution is 2.29. The highest BCUT2D eigenvalue weighted by atomic mass is 32.2. The van der Waals surface area contributed by atoms with E-state index in [0.29, 0.717) is 5.56 Å². The average Bonchev–Trinajstić information content (AvgIpc) is 2.35. The quantitative estimate of drug-likeness (QED) is 0.896. The van der Waals surface area contributed by atoms with Gasteiger partial charge in [-0.3, -0.25) is 4.79 Å². The zero-order chi connectivity index (χ0) is 17.2. The lowest BCUT2D eigenvalue weighted by Crippen LogP contribution is -2.44. The molecule has 0 aliphatic rings. The van der Waals surface area contributed by atoms with E-state index < -0.39 is 32.2 Å². The number of rotatable bonds is 5. The zero-order valence-electron chi connectivity index (χ0n) is 12.5. The molecule has 0 radical (unpaired) electrons. The van der Waals surface area contributed by atoms with Crippen molar-refractivity contribution in [2.45, 2.75) is 31.2 Å². The molecule has 1 rings (SSSR count). The second kappa shape index (κ2) is 6.28. The largest absolute Gasteiger partial charge is 0.416 e. The third-order valence-corrected chi connectivity index (χ3v) is 5.51. The summed E-state index contributed by atoms with van der Waals surface area (Å²) in [6.45, 7) is 2.91. The molecule has 0 fully saturated rings. The lowest BCUT2D eigenvalue weighted by molar-refractivity contribution is -0.137. The molecule has 0 aromatic heterocycles. The van der Waals surface area contributed by atoms with E-state index in [2.05, 4.69) is 5.32 Å². The summed E-state index contributed by atoms with van der Waals surface area (Å²) >= 11 is 0. The van der Waals surface area contributed by atoms with Gasteiger partial charge >= 0.3 is 6.18 Å². The Bertz CT molecular complexity index is 634. The molecule has 1 aromatic carbocycles. The maximum Gasteiger partial charge on any atom is 0.416 e. The van der Waals surface area contributed by atoms with E-state index in [-0.39, 0.29) is 13.0 Å². The van der Waals surface area contributed by atoms with E-state index in [1.54, 1.807) is 0 Å². The van der Waals surface area contributed by atoms with Crippen LogP contribution >= 0.6 is 0 Å². The van der Waals surface area contributed by atoms with Crippen LogP contribution in [0.3, 0.4) is 0 Å². The number of hydrogen-bond acceptors (Lipinski definition) is 3. The molecule has 0 saturated carbocycles. The first kappa shape index (κ1) is 18.5. The summed E-state index contributed by atoms with van der Waals surface area (Å²) in [5.74, 6) is -0.448. The van der Waals surface area contributed by atoms with Crippen LogP contribution in [-0.2, 0) is 27.2 Å². The van der Waals surface area contributed by atoms with Crippen molar-refractivity contribution >= 4 is 15.7 Å². The van der Waals surface area contributed by atoms with Gasteiger partial charge in [-0.25, -0.2) is 8.42 Å². The van der Waals surface area contributed by atoms with Gasteiger partial charge in [-0.05, 0) is 31.5 Å². The Morgan fingerprint density at radius 3 is 2.05 bits per heavy atom. The standard InChI is InChI=1S/C14H18F3NO3S/c1-13(2,22(3,20)21)9-18-12(19)8-10-4-6-11(7-5-10)14(15,16)17/h4-7H,8-9H2,1-3H3,(H,18,19). The summed E-state index contributed by atoms with van der Waals surface area (Å²) in [7, 11) is -3.33. The van der Waals surface area contributed by atoms with Gasteiger partial charge in [0.25, 0.3) is 0 Å². The van der Waals surface area contributed by atoms with Crippen LogP contribution < -0.4 is 5.32 Å². The number of carbonyl (C=O) groups is 1. The fourth-order valence-corrected chi connectivity index (χ4v) is 1.84. The Morgan fingerprint density at radius 1 is 1.14 bits per heavy atom. The minimum atomic E-state index is -4.42. The zero-order valence-corrected chi connectivity index (χ0v) is 13.3. The van der Waals surface area contributed by atoms with Gasteiger partial charge in [0, 0.05) is 12.8 Å². The van der Waals surface area contributed by atoms with Crippen LogP contribution in [0.15, 0.2) is 24.3 Å². The number of sulfone groups is 1. The molecule has 0 unspecified atom stereocenters. The Labute approximate surface area is 127 Å². The second-order valence-electron chi connectivity index (χ2n) is 5.68. The summed E-state index contributed by atoms with van der Waals surface area (Å²) in [5.41, 5.74) is -0.363. The number of amides is 1. The summed E-state index contributed by atoms with van der Waals surface area (Å²) in [5, 5.41) is 2.48. The van der Waals surface area contributed by atoms with E-state index in [1.165, 1.54) is 26.0 Å². The van der Waals surface area contributed by atoms with Crippen LogP contribution in [0.2, 0.25) is 0 Å². The molecular weight excluding hydrogens is 319 g/mol. The van der Waals surface area contributed by atoms with Gasteiger partial charge in [0.05, 0.1) is 16.7 Å². The average molecular weight is 337 g/mol. The van der Waals surface area contributed by atoms with Gasteiger partial charge in [0.15, 0.2) is 9.84 Å². The maximum atomic E-state index is 12.4. The van der Waals surface area contributed by atoms with Gasteiger partial charge in [-0.1, -0.05) is 12.1 Å². The highest BCUT2D eigenvalue weighted by molar-refractivity contribution is 7.92. The van der Waals surface area contributed by atoms with E-state index in [0.717, 1.165) is 18.4 Å². The Kier molecular flexibility index (Phi) is 5.27. The molecule has 0 spiro atoms. The third-order valence-electron chi connectivity index (χ3n) is 3.36. The highest BCUT2D eigenvalue weighted by Gasteiger charge is 2.31. The summed E-state index contributed by atoms with van der Waals surface area (Å²) in [6.07, 6.45) is -3.45. The van der Waals surface area contributed by atoms with E-state index >= 15 is 0 Å². The number of halogens is 3. The Hall–Kier alpha value is -1.57. The normalized spacial score (nSPS) is 13.0. The number of carbonyl (C=O) groups excluding carboxylic acids is 1. The molecule has 22 heavy (non-hydrogen) atoms. The molecule has 0 aliphatic heterocycles. The molecule has 0 aliphatic carbocycles. The molecular formula is C14H18F3NO3S. The molecule has 4 nitrogen and oxygen atoms in total. The third kappa shape index (κ3) is 5.01. The van der Waals surface area contributed by atoms with Gasteiger partial charge in [-0.15, -0.1) is 0 Å². The van der Waals surface area contributed by atoms with Crippen molar-refractivity contribution in [3.05, 3.63) is 35.4 Å². The van der Waals surface area contributed by atoms with Crippen molar-refractivity contribution in [3.63, 3.8) is 0 Å². The first-order valence-electron chi connectivity index (χ1n) is 6.45. The molecule has 0 saturated heterocycles. The van der Waals surface area contributed by atoms with Crippen LogP contribution in [0.1, 0.15) is 25.0 Å². The van der Waals surface area contributed by atoms with Crippen molar-refractivity contribution in [2.75, 3.05) is 12.8 Å². The molecule has 0 bridgehead atoms.